The largest absolute Gasteiger partial charge is 0.364 e. The average molecular weight is 214 g/mol. The van der Waals surface area contributed by atoms with E-state index in [2.05, 4.69) is 20.8 Å². The molecule has 1 aromatic rings. The SMILES string of the molecule is CC(C)(C)c1ccccc1[PH](O)=S. The van der Waals surface area contributed by atoms with Crippen molar-refractivity contribution in [3.05, 3.63) is 29.8 Å². The minimum atomic E-state index is -1.74. The summed E-state index contributed by atoms with van der Waals surface area (Å²) >= 11 is 4.96. The van der Waals surface area contributed by atoms with Gasteiger partial charge in [0.2, 0.25) is 0 Å². The third kappa shape index (κ3) is 2.63. The van der Waals surface area contributed by atoms with Gasteiger partial charge in [-0.2, -0.15) is 0 Å². The molecule has 1 atom stereocenters. The molecule has 0 radical (unpaired) electrons. The highest BCUT2D eigenvalue weighted by Crippen LogP contribution is 2.26. The van der Waals surface area contributed by atoms with Crippen LogP contribution in [-0.4, -0.2) is 4.89 Å². The van der Waals surface area contributed by atoms with E-state index in [0.717, 1.165) is 5.30 Å². The van der Waals surface area contributed by atoms with Crippen LogP contribution in [-0.2, 0) is 17.2 Å². The van der Waals surface area contributed by atoms with Gasteiger partial charge in [-0.05, 0) is 11.0 Å². The molecular formula is C10H15OPS. The lowest BCUT2D eigenvalue weighted by molar-refractivity contribution is 0.591. The number of hydrogen-bond donors (Lipinski definition) is 1. The molecule has 1 N–H and O–H groups in total. The lowest BCUT2D eigenvalue weighted by atomic mass is 9.87. The zero-order valence-corrected chi connectivity index (χ0v) is 9.98. The third-order valence-electron chi connectivity index (χ3n) is 1.97. The van der Waals surface area contributed by atoms with Crippen molar-refractivity contribution >= 4 is 24.0 Å². The fraction of sp³-hybridized carbons (Fsp3) is 0.400. The lowest BCUT2D eigenvalue weighted by Crippen LogP contribution is -2.20. The number of rotatable bonds is 1. The smallest absolute Gasteiger partial charge is 0.0798 e. The Bertz CT molecular complexity index is 328. The molecule has 0 bridgehead atoms. The summed E-state index contributed by atoms with van der Waals surface area (Å²) in [5.74, 6) is 0. The molecule has 0 aliphatic heterocycles. The van der Waals surface area contributed by atoms with E-state index in [-0.39, 0.29) is 5.41 Å². The average Bonchev–Trinajstić information content (AvgIpc) is 2.03. The molecule has 0 saturated heterocycles. The second kappa shape index (κ2) is 3.91. The zero-order chi connectivity index (χ0) is 10.1. The zero-order valence-electron chi connectivity index (χ0n) is 8.16. The predicted molar refractivity (Wildman–Crippen MR) is 62.7 cm³/mol. The molecule has 13 heavy (non-hydrogen) atoms. The van der Waals surface area contributed by atoms with E-state index in [1.807, 2.05) is 24.3 Å². The van der Waals surface area contributed by atoms with E-state index < -0.39 is 6.92 Å². The Morgan fingerprint density at radius 3 is 2.15 bits per heavy atom. The first kappa shape index (κ1) is 10.9. The summed E-state index contributed by atoms with van der Waals surface area (Å²) in [7, 11) is 0. The molecule has 0 aromatic heterocycles. The standard InChI is InChI=1S/C10H15OPS/c1-10(2,3)8-6-4-5-7-9(8)12(11)13/h4-7,12H,1-3H3,(H,11,13). The quantitative estimate of drug-likeness (QED) is 0.723. The second-order valence-corrected chi connectivity index (χ2v) is 6.41. The molecule has 1 nitrogen and oxygen atoms in total. The Hall–Kier alpha value is -0.170. The van der Waals surface area contributed by atoms with Gasteiger partial charge in [0.05, 0.1) is 6.92 Å². The Morgan fingerprint density at radius 1 is 1.23 bits per heavy atom. The Labute approximate surface area is 85.3 Å². The summed E-state index contributed by atoms with van der Waals surface area (Å²) in [6.45, 7) is 4.65. The van der Waals surface area contributed by atoms with Crippen molar-refractivity contribution in [3.8, 4) is 0 Å². The highest BCUT2D eigenvalue weighted by atomic mass is 32.4. The highest BCUT2D eigenvalue weighted by molar-refractivity contribution is 8.05. The van der Waals surface area contributed by atoms with Gasteiger partial charge >= 0.3 is 0 Å². The van der Waals surface area contributed by atoms with Crippen LogP contribution in [0.5, 0.6) is 0 Å². The molecule has 3 heteroatoms. The third-order valence-corrected chi connectivity index (χ3v) is 3.52. The van der Waals surface area contributed by atoms with Crippen molar-refractivity contribution in [2.45, 2.75) is 26.2 Å². The molecular weight excluding hydrogens is 199 g/mol. The van der Waals surface area contributed by atoms with Gasteiger partial charge in [-0.25, -0.2) is 0 Å². The molecule has 0 heterocycles. The van der Waals surface area contributed by atoms with Gasteiger partial charge in [0, 0.05) is 5.30 Å². The van der Waals surface area contributed by atoms with E-state index in [1.165, 1.54) is 5.56 Å². The van der Waals surface area contributed by atoms with E-state index in [9.17, 15) is 4.89 Å². The van der Waals surface area contributed by atoms with Gasteiger partial charge in [0.25, 0.3) is 0 Å². The van der Waals surface area contributed by atoms with Crippen molar-refractivity contribution in [2.75, 3.05) is 0 Å². The van der Waals surface area contributed by atoms with Gasteiger partial charge in [-0.3, -0.25) is 0 Å². The van der Waals surface area contributed by atoms with Crippen molar-refractivity contribution in [2.24, 2.45) is 0 Å². The molecule has 0 aliphatic rings. The van der Waals surface area contributed by atoms with Crippen molar-refractivity contribution in [1.82, 2.24) is 0 Å². The van der Waals surface area contributed by atoms with Crippen molar-refractivity contribution in [1.29, 1.82) is 0 Å². The van der Waals surface area contributed by atoms with Gasteiger partial charge < -0.3 is 4.89 Å². The Morgan fingerprint density at radius 2 is 1.77 bits per heavy atom. The minimum Gasteiger partial charge on any atom is -0.364 e. The fourth-order valence-electron chi connectivity index (χ4n) is 1.32. The topological polar surface area (TPSA) is 20.2 Å². The monoisotopic (exact) mass is 214 g/mol. The van der Waals surface area contributed by atoms with E-state index in [0.29, 0.717) is 0 Å². The minimum absolute atomic E-state index is 0.0635. The molecule has 0 saturated carbocycles. The summed E-state index contributed by atoms with van der Waals surface area (Å²) in [6.07, 6.45) is 0. The first-order valence-electron chi connectivity index (χ1n) is 4.26. The normalized spacial score (nSPS) is 14.2. The van der Waals surface area contributed by atoms with Crippen molar-refractivity contribution < 1.29 is 4.89 Å². The van der Waals surface area contributed by atoms with Crippen LogP contribution >= 0.6 is 6.92 Å². The Kier molecular flexibility index (Phi) is 3.28. The van der Waals surface area contributed by atoms with Crippen LogP contribution in [0.4, 0.5) is 0 Å². The number of hydrogen-bond acceptors (Lipinski definition) is 1. The van der Waals surface area contributed by atoms with Crippen LogP contribution in [0.25, 0.3) is 0 Å². The van der Waals surface area contributed by atoms with Crippen LogP contribution in [0.3, 0.4) is 0 Å². The maximum atomic E-state index is 9.48. The molecule has 0 spiro atoms. The van der Waals surface area contributed by atoms with E-state index in [4.69, 9.17) is 11.8 Å². The van der Waals surface area contributed by atoms with Crippen LogP contribution in [0.15, 0.2) is 24.3 Å². The van der Waals surface area contributed by atoms with Crippen LogP contribution in [0.2, 0.25) is 0 Å². The van der Waals surface area contributed by atoms with E-state index >= 15 is 0 Å². The number of benzene rings is 1. The molecule has 0 aliphatic carbocycles. The summed E-state index contributed by atoms with van der Waals surface area (Å²) in [4.78, 5) is 9.48. The van der Waals surface area contributed by atoms with Crippen LogP contribution < -0.4 is 5.30 Å². The summed E-state index contributed by atoms with van der Waals surface area (Å²) in [6, 6.07) is 7.90. The van der Waals surface area contributed by atoms with Crippen LogP contribution in [0, 0.1) is 0 Å². The van der Waals surface area contributed by atoms with Gasteiger partial charge in [-0.15, -0.1) is 0 Å². The fourth-order valence-corrected chi connectivity index (χ4v) is 2.79. The van der Waals surface area contributed by atoms with Crippen molar-refractivity contribution in [3.63, 3.8) is 0 Å². The molecule has 72 valence electrons. The molecule has 1 aromatic carbocycles. The first-order valence-corrected chi connectivity index (χ1v) is 6.84. The van der Waals surface area contributed by atoms with Gasteiger partial charge in [0.1, 0.15) is 0 Å². The summed E-state index contributed by atoms with van der Waals surface area (Å²) in [5.41, 5.74) is 1.23. The second-order valence-electron chi connectivity index (χ2n) is 4.10. The van der Waals surface area contributed by atoms with Gasteiger partial charge in [0.15, 0.2) is 0 Å². The molecule has 0 amide bonds. The Balaban J connectivity index is 3.28. The summed E-state index contributed by atoms with van der Waals surface area (Å²) in [5, 5.41) is 0.954. The highest BCUT2D eigenvalue weighted by Gasteiger charge is 2.17. The van der Waals surface area contributed by atoms with Gasteiger partial charge in [-0.1, -0.05) is 56.8 Å². The first-order chi connectivity index (χ1) is 5.93. The maximum Gasteiger partial charge on any atom is 0.0798 e. The molecule has 1 unspecified atom stereocenters. The molecule has 0 fully saturated rings. The van der Waals surface area contributed by atoms with Crippen LogP contribution in [0.1, 0.15) is 26.3 Å². The predicted octanol–water partition coefficient (Wildman–Crippen LogP) is 2.19. The lowest BCUT2D eigenvalue weighted by Gasteiger charge is -2.22. The summed E-state index contributed by atoms with van der Waals surface area (Å²) < 4.78 is 0. The van der Waals surface area contributed by atoms with E-state index in [1.54, 1.807) is 0 Å². The maximum absolute atomic E-state index is 9.48. The molecule has 1 rings (SSSR count).